The molecular formula is C13H24N2O3. The van der Waals surface area contributed by atoms with Gasteiger partial charge in [0, 0.05) is 31.6 Å². The standard InChI is InChI=1S/C13H24N2O3/c1-13(11-16)3-2-4-15(10-13)12(17)9-14-5-7-18-8-6-14/h16H,2-11H2,1H3. The van der Waals surface area contributed by atoms with Gasteiger partial charge >= 0.3 is 0 Å². The first-order chi connectivity index (χ1) is 8.63. The molecule has 0 aromatic carbocycles. The maximum Gasteiger partial charge on any atom is 0.236 e. The van der Waals surface area contributed by atoms with Gasteiger partial charge in [-0.05, 0) is 12.8 Å². The summed E-state index contributed by atoms with van der Waals surface area (Å²) >= 11 is 0. The molecule has 0 radical (unpaired) electrons. The lowest BCUT2D eigenvalue weighted by Gasteiger charge is -2.40. The number of aliphatic hydroxyl groups is 1. The van der Waals surface area contributed by atoms with Crippen molar-refractivity contribution in [1.29, 1.82) is 0 Å². The molecule has 0 aliphatic carbocycles. The van der Waals surface area contributed by atoms with E-state index in [4.69, 9.17) is 4.74 Å². The van der Waals surface area contributed by atoms with E-state index in [2.05, 4.69) is 11.8 Å². The van der Waals surface area contributed by atoms with E-state index < -0.39 is 0 Å². The predicted octanol–water partition coefficient (Wildman–Crippen LogP) is -0.0604. The maximum absolute atomic E-state index is 12.2. The molecule has 2 aliphatic heterocycles. The van der Waals surface area contributed by atoms with E-state index in [9.17, 15) is 9.90 Å². The molecule has 2 fully saturated rings. The number of aliphatic hydroxyl groups excluding tert-OH is 1. The number of nitrogens with zero attached hydrogens (tertiary/aromatic N) is 2. The smallest absolute Gasteiger partial charge is 0.236 e. The second kappa shape index (κ2) is 5.99. The van der Waals surface area contributed by atoms with Crippen LogP contribution in [0.4, 0.5) is 0 Å². The van der Waals surface area contributed by atoms with Gasteiger partial charge in [-0.3, -0.25) is 9.69 Å². The fraction of sp³-hybridized carbons (Fsp3) is 0.923. The van der Waals surface area contributed by atoms with Crippen LogP contribution in [-0.4, -0.2) is 73.4 Å². The Morgan fingerprint density at radius 1 is 1.33 bits per heavy atom. The number of carbonyl (C=O) groups is 1. The molecule has 2 saturated heterocycles. The zero-order chi connectivity index (χ0) is 13.0. The van der Waals surface area contributed by atoms with Gasteiger partial charge in [0.15, 0.2) is 0 Å². The zero-order valence-electron chi connectivity index (χ0n) is 11.2. The van der Waals surface area contributed by atoms with Crippen molar-refractivity contribution in [2.24, 2.45) is 5.41 Å². The zero-order valence-corrected chi connectivity index (χ0v) is 11.2. The largest absolute Gasteiger partial charge is 0.396 e. The number of likely N-dealkylation sites (tertiary alicyclic amines) is 1. The molecule has 0 aromatic heterocycles. The summed E-state index contributed by atoms with van der Waals surface area (Å²) in [4.78, 5) is 16.3. The lowest BCUT2D eigenvalue weighted by molar-refractivity contribution is -0.137. The average Bonchev–Trinajstić information content (AvgIpc) is 2.40. The summed E-state index contributed by atoms with van der Waals surface area (Å²) in [5, 5.41) is 9.41. The highest BCUT2D eigenvalue weighted by Crippen LogP contribution is 2.28. The first-order valence-corrected chi connectivity index (χ1v) is 6.82. The molecule has 1 atom stereocenters. The van der Waals surface area contributed by atoms with Gasteiger partial charge in [0.2, 0.25) is 5.91 Å². The normalized spacial score (nSPS) is 30.4. The summed E-state index contributed by atoms with van der Waals surface area (Å²) < 4.78 is 5.28. The van der Waals surface area contributed by atoms with Gasteiger partial charge < -0.3 is 14.7 Å². The molecule has 18 heavy (non-hydrogen) atoms. The van der Waals surface area contributed by atoms with Gasteiger partial charge in [-0.1, -0.05) is 6.92 Å². The van der Waals surface area contributed by atoms with Crippen molar-refractivity contribution in [2.75, 3.05) is 52.5 Å². The van der Waals surface area contributed by atoms with Crippen molar-refractivity contribution >= 4 is 5.91 Å². The van der Waals surface area contributed by atoms with Crippen LogP contribution in [0.1, 0.15) is 19.8 Å². The average molecular weight is 256 g/mol. The van der Waals surface area contributed by atoms with Gasteiger partial charge in [0.25, 0.3) is 0 Å². The quantitative estimate of drug-likeness (QED) is 0.768. The van der Waals surface area contributed by atoms with E-state index >= 15 is 0 Å². The molecule has 5 nitrogen and oxygen atoms in total. The van der Waals surface area contributed by atoms with Gasteiger partial charge in [0.1, 0.15) is 0 Å². The SMILES string of the molecule is CC1(CO)CCCN(C(=O)CN2CCOCC2)C1. The second-order valence-electron chi connectivity index (χ2n) is 5.78. The van der Waals surface area contributed by atoms with Crippen LogP contribution in [0.15, 0.2) is 0 Å². The van der Waals surface area contributed by atoms with Crippen molar-refractivity contribution in [2.45, 2.75) is 19.8 Å². The lowest BCUT2D eigenvalue weighted by atomic mass is 9.83. The van der Waals surface area contributed by atoms with Crippen molar-refractivity contribution in [1.82, 2.24) is 9.80 Å². The number of hydrogen-bond acceptors (Lipinski definition) is 4. The van der Waals surface area contributed by atoms with E-state index in [1.165, 1.54) is 0 Å². The highest BCUT2D eigenvalue weighted by molar-refractivity contribution is 5.78. The highest BCUT2D eigenvalue weighted by Gasteiger charge is 2.32. The van der Waals surface area contributed by atoms with E-state index in [0.717, 1.165) is 45.7 Å². The van der Waals surface area contributed by atoms with E-state index in [0.29, 0.717) is 13.1 Å². The molecule has 0 aromatic rings. The second-order valence-corrected chi connectivity index (χ2v) is 5.78. The molecule has 1 N–H and O–H groups in total. The number of amides is 1. The molecule has 1 unspecified atom stereocenters. The molecular weight excluding hydrogens is 232 g/mol. The van der Waals surface area contributed by atoms with Gasteiger partial charge in [-0.15, -0.1) is 0 Å². The van der Waals surface area contributed by atoms with Crippen LogP contribution in [0.3, 0.4) is 0 Å². The van der Waals surface area contributed by atoms with Crippen molar-refractivity contribution in [3.05, 3.63) is 0 Å². The lowest BCUT2D eigenvalue weighted by Crippen LogP contribution is -2.50. The molecule has 2 rings (SSSR count). The number of rotatable bonds is 3. The Bertz CT molecular complexity index is 292. The Morgan fingerprint density at radius 2 is 2.06 bits per heavy atom. The molecule has 2 aliphatic rings. The molecule has 0 spiro atoms. The number of carbonyl (C=O) groups excluding carboxylic acids is 1. The third-order valence-corrected chi connectivity index (χ3v) is 3.98. The van der Waals surface area contributed by atoms with Crippen molar-refractivity contribution in [3.63, 3.8) is 0 Å². The summed E-state index contributed by atoms with van der Waals surface area (Å²) in [6.45, 7) is 7.36. The Balaban J connectivity index is 1.84. The number of morpholine rings is 1. The first-order valence-electron chi connectivity index (χ1n) is 6.82. The van der Waals surface area contributed by atoms with Crippen molar-refractivity contribution in [3.8, 4) is 0 Å². The number of hydrogen-bond donors (Lipinski definition) is 1. The molecule has 0 bridgehead atoms. The van der Waals surface area contributed by atoms with E-state index in [-0.39, 0.29) is 17.9 Å². The third-order valence-electron chi connectivity index (χ3n) is 3.98. The summed E-state index contributed by atoms with van der Waals surface area (Å²) in [6, 6.07) is 0. The molecule has 5 heteroatoms. The number of ether oxygens (including phenoxy) is 1. The molecule has 0 saturated carbocycles. The highest BCUT2D eigenvalue weighted by atomic mass is 16.5. The fourth-order valence-corrected chi connectivity index (χ4v) is 2.71. The van der Waals surface area contributed by atoms with Crippen LogP contribution < -0.4 is 0 Å². The Kier molecular flexibility index (Phi) is 4.59. The Morgan fingerprint density at radius 3 is 2.72 bits per heavy atom. The Hall–Kier alpha value is -0.650. The van der Waals surface area contributed by atoms with Crippen LogP contribution in [-0.2, 0) is 9.53 Å². The topological polar surface area (TPSA) is 53.0 Å². The minimum Gasteiger partial charge on any atom is -0.396 e. The van der Waals surface area contributed by atoms with E-state index in [1.807, 2.05) is 4.90 Å². The van der Waals surface area contributed by atoms with E-state index in [1.54, 1.807) is 0 Å². The van der Waals surface area contributed by atoms with Crippen LogP contribution >= 0.6 is 0 Å². The molecule has 1 amide bonds. The van der Waals surface area contributed by atoms with Crippen molar-refractivity contribution < 1.29 is 14.6 Å². The molecule has 2 heterocycles. The van der Waals surface area contributed by atoms with Crippen LogP contribution in [0.25, 0.3) is 0 Å². The minimum atomic E-state index is -0.112. The van der Waals surface area contributed by atoms with Gasteiger partial charge in [-0.2, -0.15) is 0 Å². The Labute approximate surface area is 109 Å². The van der Waals surface area contributed by atoms with Crippen LogP contribution in [0.5, 0.6) is 0 Å². The van der Waals surface area contributed by atoms with Crippen LogP contribution in [0, 0.1) is 5.41 Å². The maximum atomic E-state index is 12.2. The van der Waals surface area contributed by atoms with Gasteiger partial charge in [0.05, 0.1) is 26.4 Å². The summed E-state index contributed by atoms with van der Waals surface area (Å²) in [5.74, 6) is 0.191. The summed E-state index contributed by atoms with van der Waals surface area (Å²) in [5.41, 5.74) is -0.112. The minimum absolute atomic E-state index is 0.112. The van der Waals surface area contributed by atoms with Gasteiger partial charge in [-0.25, -0.2) is 0 Å². The third kappa shape index (κ3) is 3.43. The molecule has 104 valence electrons. The monoisotopic (exact) mass is 256 g/mol. The number of piperidine rings is 1. The van der Waals surface area contributed by atoms with Crippen LogP contribution in [0.2, 0.25) is 0 Å². The summed E-state index contributed by atoms with van der Waals surface area (Å²) in [7, 11) is 0. The fourth-order valence-electron chi connectivity index (χ4n) is 2.71. The summed E-state index contributed by atoms with van der Waals surface area (Å²) in [6.07, 6.45) is 2.00. The predicted molar refractivity (Wildman–Crippen MR) is 68.3 cm³/mol. The first kappa shape index (κ1) is 13.8.